The summed E-state index contributed by atoms with van der Waals surface area (Å²) < 4.78 is 2.04. The van der Waals surface area contributed by atoms with Crippen molar-refractivity contribution in [2.45, 2.75) is 13.8 Å². The van der Waals surface area contributed by atoms with Crippen molar-refractivity contribution in [2.24, 2.45) is 7.05 Å². The van der Waals surface area contributed by atoms with Crippen LogP contribution >= 0.6 is 0 Å². The van der Waals surface area contributed by atoms with Crippen molar-refractivity contribution in [3.63, 3.8) is 0 Å². The summed E-state index contributed by atoms with van der Waals surface area (Å²) in [4.78, 5) is 22.9. The summed E-state index contributed by atoms with van der Waals surface area (Å²) in [6.45, 7) is 7.29. The van der Waals surface area contributed by atoms with Crippen LogP contribution < -0.4 is 4.90 Å². The average molecular weight is 425 g/mol. The molecule has 0 aliphatic carbocycles. The highest BCUT2D eigenvalue weighted by atomic mass is 16.2. The molecule has 1 aliphatic rings. The van der Waals surface area contributed by atoms with Gasteiger partial charge in [0.05, 0.1) is 22.5 Å². The van der Waals surface area contributed by atoms with Gasteiger partial charge in [-0.1, -0.05) is 29.8 Å². The molecule has 0 N–H and O–H groups in total. The lowest BCUT2D eigenvalue weighted by Crippen LogP contribution is -2.49. The van der Waals surface area contributed by atoms with Crippen LogP contribution in [0.1, 0.15) is 21.5 Å². The molecular formula is C27H28N4O. The van der Waals surface area contributed by atoms with Crippen molar-refractivity contribution in [1.82, 2.24) is 14.5 Å². The molecule has 0 unspecified atom stereocenters. The molecule has 0 bridgehead atoms. The Morgan fingerprint density at radius 1 is 0.906 bits per heavy atom. The first kappa shape index (κ1) is 20.3. The smallest absolute Gasteiger partial charge is 0.254 e. The zero-order valence-electron chi connectivity index (χ0n) is 18.9. The number of anilines is 1. The molecule has 32 heavy (non-hydrogen) atoms. The van der Waals surface area contributed by atoms with Gasteiger partial charge in [0.25, 0.3) is 5.91 Å². The first-order chi connectivity index (χ1) is 15.5. The Bertz CT molecular complexity index is 1300. The molecule has 1 fully saturated rings. The number of aromatic nitrogens is 2. The summed E-state index contributed by atoms with van der Waals surface area (Å²) in [6.07, 6.45) is 2.00. The molecular weight excluding hydrogens is 396 g/mol. The molecule has 3 heterocycles. The fourth-order valence-corrected chi connectivity index (χ4v) is 4.61. The van der Waals surface area contributed by atoms with Gasteiger partial charge in [-0.25, -0.2) is 4.98 Å². The predicted molar refractivity (Wildman–Crippen MR) is 130 cm³/mol. The van der Waals surface area contributed by atoms with E-state index in [9.17, 15) is 4.79 Å². The molecule has 1 saturated heterocycles. The minimum absolute atomic E-state index is 0.0860. The van der Waals surface area contributed by atoms with Crippen molar-refractivity contribution >= 4 is 22.5 Å². The van der Waals surface area contributed by atoms with Crippen molar-refractivity contribution in [3.05, 3.63) is 83.6 Å². The number of para-hydroxylation sites is 1. The van der Waals surface area contributed by atoms with Gasteiger partial charge in [-0.3, -0.25) is 4.79 Å². The second-order valence-electron chi connectivity index (χ2n) is 8.65. The van der Waals surface area contributed by atoms with Crippen LogP contribution in [0.2, 0.25) is 0 Å². The third-order valence-electron chi connectivity index (χ3n) is 6.42. The van der Waals surface area contributed by atoms with E-state index in [2.05, 4.69) is 55.1 Å². The number of amides is 1. The highest BCUT2D eigenvalue weighted by Crippen LogP contribution is 2.28. The molecule has 5 rings (SSSR count). The van der Waals surface area contributed by atoms with E-state index in [1.807, 2.05) is 47.0 Å². The van der Waals surface area contributed by atoms with E-state index in [-0.39, 0.29) is 5.91 Å². The summed E-state index contributed by atoms with van der Waals surface area (Å²) in [5.74, 6) is 0.0860. The number of piperazine rings is 1. The van der Waals surface area contributed by atoms with E-state index >= 15 is 0 Å². The highest BCUT2D eigenvalue weighted by molar-refractivity contribution is 6.07. The Labute approximate surface area is 188 Å². The fraction of sp³-hybridized carbons (Fsp3) is 0.259. The van der Waals surface area contributed by atoms with Crippen LogP contribution in [-0.4, -0.2) is 46.5 Å². The number of nitrogens with zero attached hydrogens (tertiary/aromatic N) is 4. The Balaban J connectivity index is 1.47. The number of aryl methyl sites for hydroxylation is 3. The minimum Gasteiger partial charge on any atom is -0.368 e. The van der Waals surface area contributed by atoms with Crippen molar-refractivity contribution < 1.29 is 4.79 Å². The number of hydrogen-bond donors (Lipinski definition) is 0. The second-order valence-corrected chi connectivity index (χ2v) is 8.65. The molecule has 4 aromatic rings. The largest absolute Gasteiger partial charge is 0.368 e. The van der Waals surface area contributed by atoms with E-state index in [1.54, 1.807) is 0 Å². The molecule has 0 radical (unpaired) electrons. The third kappa shape index (κ3) is 3.64. The Hall–Kier alpha value is -3.60. The number of fused-ring (bicyclic) bond motifs is 1. The second kappa shape index (κ2) is 8.15. The monoisotopic (exact) mass is 424 g/mol. The Morgan fingerprint density at radius 3 is 2.41 bits per heavy atom. The Morgan fingerprint density at radius 2 is 1.69 bits per heavy atom. The van der Waals surface area contributed by atoms with Gasteiger partial charge in [0.1, 0.15) is 0 Å². The van der Waals surface area contributed by atoms with Crippen LogP contribution in [-0.2, 0) is 7.05 Å². The van der Waals surface area contributed by atoms with Gasteiger partial charge < -0.3 is 14.4 Å². The summed E-state index contributed by atoms with van der Waals surface area (Å²) in [6, 6.07) is 20.6. The number of carbonyl (C=O) groups excluding carboxylic acids is 1. The predicted octanol–water partition coefficient (Wildman–Crippen LogP) is 4.82. The van der Waals surface area contributed by atoms with Gasteiger partial charge in [-0.05, 0) is 55.8 Å². The molecule has 0 atom stereocenters. The molecule has 1 aliphatic heterocycles. The van der Waals surface area contributed by atoms with Gasteiger partial charge in [-0.15, -0.1) is 0 Å². The topological polar surface area (TPSA) is 41.4 Å². The Kier molecular flexibility index (Phi) is 5.17. The van der Waals surface area contributed by atoms with Gasteiger partial charge in [0, 0.05) is 50.5 Å². The quantitative estimate of drug-likeness (QED) is 0.474. The summed E-state index contributed by atoms with van der Waals surface area (Å²) in [5.41, 5.74) is 7.09. The standard InChI is InChI=1S/C27H28N4O/c1-19-10-11-23-21(17-19)22(18-24(28-23)26-9-6-12-29(26)3)27(32)31-15-13-30(14-16-31)25-8-5-4-7-20(25)2/h4-12,17-18H,13-16H2,1-3H3. The molecule has 2 aromatic carbocycles. The molecule has 0 spiro atoms. The van der Waals surface area contributed by atoms with Crippen LogP contribution in [0.25, 0.3) is 22.3 Å². The van der Waals surface area contributed by atoms with E-state index in [0.717, 1.165) is 46.5 Å². The molecule has 5 heteroatoms. The van der Waals surface area contributed by atoms with Crippen LogP contribution in [0.5, 0.6) is 0 Å². The number of benzene rings is 2. The van der Waals surface area contributed by atoms with Crippen LogP contribution in [0, 0.1) is 13.8 Å². The lowest BCUT2D eigenvalue weighted by Gasteiger charge is -2.37. The lowest BCUT2D eigenvalue weighted by atomic mass is 10.0. The normalized spacial score (nSPS) is 14.2. The summed E-state index contributed by atoms with van der Waals surface area (Å²) in [5, 5.41) is 0.925. The van der Waals surface area contributed by atoms with Crippen molar-refractivity contribution in [2.75, 3.05) is 31.1 Å². The van der Waals surface area contributed by atoms with Crippen molar-refractivity contribution in [3.8, 4) is 11.4 Å². The third-order valence-corrected chi connectivity index (χ3v) is 6.42. The summed E-state index contributed by atoms with van der Waals surface area (Å²) >= 11 is 0. The van der Waals surface area contributed by atoms with Gasteiger partial charge in [-0.2, -0.15) is 0 Å². The zero-order chi connectivity index (χ0) is 22.2. The molecule has 0 saturated carbocycles. The van der Waals surface area contributed by atoms with E-state index in [0.29, 0.717) is 13.1 Å². The number of carbonyl (C=O) groups is 1. The van der Waals surface area contributed by atoms with Crippen LogP contribution in [0.15, 0.2) is 66.9 Å². The van der Waals surface area contributed by atoms with Gasteiger partial charge in [0.15, 0.2) is 0 Å². The van der Waals surface area contributed by atoms with Crippen molar-refractivity contribution in [1.29, 1.82) is 0 Å². The molecule has 2 aromatic heterocycles. The molecule has 1 amide bonds. The van der Waals surface area contributed by atoms with E-state index in [1.165, 1.54) is 11.3 Å². The SMILES string of the molecule is Cc1ccc2nc(-c3cccn3C)cc(C(=O)N3CCN(c4ccccc4C)CC3)c2c1. The van der Waals surface area contributed by atoms with E-state index in [4.69, 9.17) is 4.98 Å². The summed E-state index contributed by atoms with van der Waals surface area (Å²) in [7, 11) is 2.00. The fourth-order valence-electron chi connectivity index (χ4n) is 4.61. The number of pyridine rings is 1. The van der Waals surface area contributed by atoms with Crippen LogP contribution in [0.3, 0.4) is 0 Å². The van der Waals surface area contributed by atoms with Gasteiger partial charge >= 0.3 is 0 Å². The van der Waals surface area contributed by atoms with Gasteiger partial charge in [0.2, 0.25) is 0 Å². The maximum Gasteiger partial charge on any atom is 0.254 e. The first-order valence-corrected chi connectivity index (χ1v) is 11.1. The first-order valence-electron chi connectivity index (χ1n) is 11.1. The molecule has 162 valence electrons. The average Bonchev–Trinajstić information content (AvgIpc) is 3.24. The lowest BCUT2D eigenvalue weighted by molar-refractivity contribution is 0.0748. The van der Waals surface area contributed by atoms with Crippen LogP contribution in [0.4, 0.5) is 5.69 Å². The minimum atomic E-state index is 0.0860. The molecule has 5 nitrogen and oxygen atoms in total. The number of rotatable bonds is 3. The number of hydrogen-bond acceptors (Lipinski definition) is 3. The maximum atomic E-state index is 13.7. The highest BCUT2D eigenvalue weighted by Gasteiger charge is 2.25. The maximum absolute atomic E-state index is 13.7. The zero-order valence-corrected chi connectivity index (χ0v) is 18.9. The van der Waals surface area contributed by atoms with E-state index < -0.39 is 0 Å².